The Morgan fingerprint density at radius 3 is 2.55 bits per heavy atom. The number of fused-ring (bicyclic) bond motifs is 1. The van der Waals surface area contributed by atoms with Crippen molar-refractivity contribution in [2.24, 2.45) is 0 Å². The molecule has 3 aromatic rings. The number of anilines is 1. The van der Waals surface area contributed by atoms with Crippen LogP contribution in [0.4, 0.5) is 5.13 Å². The number of rotatable bonds is 10. The van der Waals surface area contributed by atoms with Crippen LogP contribution in [0.3, 0.4) is 0 Å². The van der Waals surface area contributed by atoms with Gasteiger partial charge in [-0.05, 0) is 43.4 Å². The molecule has 0 saturated carbocycles. The summed E-state index contributed by atoms with van der Waals surface area (Å²) in [4.78, 5) is 23.1. The number of benzene rings is 2. The first-order chi connectivity index (χ1) is 14.1. The molecule has 1 aromatic heterocycles. The summed E-state index contributed by atoms with van der Waals surface area (Å²) in [6.45, 7) is 7.68. The molecular weight excluding hydrogens is 402 g/mol. The van der Waals surface area contributed by atoms with Crippen LogP contribution in [0.5, 0.6) is 5.75 Å². The highest BCUT2D eigenvalue weighted by Crippen LogP contribution is 2.32. The molecule has 5 nitrogen and oxygen atoms in total. The molecule has 0 fully saturated rings. The first-order valence-corrected chi connectivity index (χ1v) is 11.6. The van der Waals surface area contributed by atoms with E-state index < -0.39 is 0 Å². The van der Waals surface area contributed by atoms with Gasteiger partial charge in [0.15, 0.2) is 5.13 Å². The summed E-state index contributed by atoms with van der Waals surface area (Å²) in [7, 11) is 1.66. The van der Waals surface area contributed by atoms with Crippen molar-refractivity contribution in [3.63, 3.8) is 0 Å². The molecule has 0 saturated heterocycles. The molecule has 3 rings (SSSR count). The van der Waals surface area contributed by atoms with Crippen molar-refractivity contribution < 1.29 is 9.53 Å². The molecule has 0 aliphatic heterocycles. The standard InChI is InChI=1S/C22H27N3O2S2/c1-4-24(5-2)13-14-25(21(26)16-28-18-9-7-6-8-10-18)22-23-19-12-11-17(27-3)15-20(19)29-22/h6-12,15H,4-5,13-14,16H2,1-3H3. The maximum absolute atomic E-state index is 13.1. The van der Waals surface area contributed by atoms with Gasteiger partial charge in [0, 0.05) is 18.0 Å². The van der Waals surface area contributed by atoms with Crippen molar-refractivity contribution in [3.8, 4) is 5.75 Å². The van der Waals surface area contributed by atoms with Crippen molar-refractivity contribution in [2.45, 2.75) is 18.7 Å². The zero-order chi connectivity index (χ0) is 20.6. The van der Waals surface area contributed by atoms with Crippen LogP contribution < -0.4 is 9.64 Å². The zero-order valence-corrected chi connectivity index (χ0v) is 18.8. The second-order valence-electron chi connectivity index (χ2n) is 6.50. The fraction of sp³-hybridized carbons (Fsp3) is 0.364. The number of carbonyl (C=O) groups excluding carboxylic acids is 1. The van der Waals surface area contributed by atoms with Gasteiger partial charge in [0.2, 0.25) is 5.91 Å². The number of aromatic nitrogens is 1. The first kappa shape index (κ1) is 21.6. The third kappa shape index (κ3) is 5.72. The molecule has 0 N–H and O–H groups in total. The summed E-state index contributed by atoms with van der Waals surface area (Å²) < 4.78 is 6.35. The molecule has 1 amide bonds. The Morgan fingerprint density at radius 1 is 1.10 bits per heavy atom. The largest absolute Gasteiger partial charge is 0.497 e. The summed E-state index contributed by atoms with van der Waals surface area (Å²) in [5.41, 5.74) is 0.891. The molecule has 29 heavy (non-hydrogen) atoms. The van der Waals surface area contributed by atoms with E-state index in [2.05, 4.69) is 18.7 Å². The normalized spacial score (nSPS) is 11.2. The average molecular weight is 430 g/mol. The highest BCUT2D eigenvalue weighted by Gasteiger charge is 2.21. The van der Waals surface area contributed by atoms with E-state index in [0.29, 0.717) is 12.3 Å². The van der Waals surface area contributed by atoms with Crippen LogP contribution in [-0.2, 0) is 4.79 Å². The SMILES string of the molecule is CCN(CC)CCN(C(=O)CSc1ccccc1)c1nc2ccc(OC)cc2s1. The van der Waals surface area contributed by atoms with E-state index in [1.54, 1.807) is 18.9 Å². The van der Waals surface area contributed by atoms with Crippen LogP contribution in [0, 0.1) is 0 Å². The minimum absolute atomic E-state index is 0.0806. The molecule has 0 unspecified atom stereocenters. The van der Waals surface area contributed by atoms with E-state index in [1.165, 1.54) is 11.3 Å². The summed E-state index contributed by atoms with van der Waals surface area (Å²) in [5.74, 6) is 1.27. The van der Waals surface area contributed by atoms with Crippen molar-refractivity contribution in [1.82, 2.24) is 9.88 Å². The average Bonchev–Trinajstić information content (AvgIpc) is 3.18. The quantitative estimate of drug-likeness (QED) is 0.434. The van der Waals surface area contributed by atoms with E-state index in [-0.39, 0.29) is 5.91 Å². The van der Waals surface area contributed by atoms with Gasteiger partial charge in [-0.2, -0.15) is 0 Å². The van der Waals surface area contributed by atoms with Gasteiger partial charge < -0.3 is 9.64 Å². The molecule has 0 aliphatic rings. The van der Waals surface area contributed by atoms with Gasteiger partial charge in [0.1, 0.15) is 5.75 Å². The number of hydrogen-bond donors (Lipinski definition) is 0. The number of likely N-dealkylation sites (N-methyl/N-ethyl adjacent to an activating group) is 1. The van der Waals surface area contributed by atoms with Gasteiger partial charge in [-0.3, -0.25) is 9.69 Å². The Morgan fingerprint density at radius 2 is 1.86 bits per heavy atom. The third-order valence-corrected chi connectivity index (χ3v) is 6.79. The Balaban J connectivity index is 1.80. The molecule has 154 valence electrons. The van der Waals surface area contributed by atoms with Crippen molar-refractivity contribution in [3.05, 3.63) is 48.5 Å². The highest BCUT2D eigenvalue weighted by atomic mass is 32.2. The Kier molecular flexibility index (Phi) is 7.91. The van der Waals surface area contributed by atoms with Gasteiger partial charge >= 0.3 is 0 Å². The number of nitrogens with zero attached hydrogens (tertiary/aromatic N) is 3. The molecular formula is C22H27N3O2S2. The fourth-order valence-corrected chi connectivity index (χ4v) is 4.82. The maximum Gasteiger partial charge on any atom is 0.239 e. The van der Waals surface area contributed by atoms with E-state index in [9.17, 15) is 4.79 Å². The summed E-state index contributed by atoms with van der Waals surface area (Å²) in [6.07, 6.45) is 0. The predicted molar refractivity (Wildman–Crippen MR) is 123 cm³/mol. The number of methoxy groups -OCH3 is 1. The number of amides is 1. The lowest BCUT2D eigenvalue weighted by Gasteiger charge is -2.24. The Labute approximate surface area is 180 Å². The van der Waals surface area contributed by atoms with Gasteiger partial charge in [-0.15, -0.1) is 11.8 Å². The van der Waals surface area contributed by atoms with Crippen LogP contribution in [0.1, 0.15) is 13.8 Å². The third-order valence-electron chi connectivity index (χ3n) is 4.76. The van der Waals surface area contributed by atoms with E-state index in [1.807, 2.05) is 53.4 Å². The Hall–Kier alpha value is -2.09. The number of ether oxygens (including phenoxy) is 1. The summed E-state index contributed by atoms with van der Waals surface area (Å²) in [5, 5.41) is 0.749. The van der Waals surface area contributed by atoms with Crippen LogP contribution in [0.2, 0.25) is 0 Å². The van der Waals surface area contributed by atoms with Gasteiger partial charge in [0.25, 0.3) is 0 Å². The van der Waals surface area contributed by atoms with E-state index in [0.717, 1.165) is 45.6 Å². The molecule has 0 aliphatic carbocycles. The maximum atomic E-state index is 13.1. The van der Waals surface area contributed by atoms with E-state index >= 15 is 0 Å². The molecule has 0 spiro atoms. The van der Waals surface area contributed by atoms with E-state index in [4.69, 9.17) is 9.72 Å². The lowest BCUT2D eigenvalue weighted by atomic mass is 10.3. The number of hydrogen-bond acceptors (Lipinski definition) is 6. The van der Waals surface area contributed by atoms with Crippen molar-refractivity contribution >= 4 is 44.4 Å². The molecule has 2 aromatic carbocycles. The van der Waals surface area contributed by atoms with Crippen LogP contribution >= 0.6 is 23.1 Å². The summed E-state index contributed by atoms with van der Waals surface area (Å²) in [6, 6.07) is 15.8. The molecule has 0 radical (unpaired) electrons. The second-order valence-corrected chi connectivity index (χ2v) is 8.56. The predicted octanol–water partition coefficient (Wildman–Crippen LogP) is 4.77. The monoisotopic (exact) mass is 429 g/mol. The van der Waals surface area contributed by atoms with Gasteiger partial charge in [0.05, 0.1) is 23.1 Å². The molecule has 1 heterocycles. The number of thiazole rings is 1. The minimum atomic E-state index is 0.0806. The smallest absolute Gasteiger partial charge is 0.239 e. The van der Waals surface area contributed by atoms with Crippen LogP contribution in [-0.4, -0.2) is 54.8 Å². The number of carbonyl (C=O) groups is 1. The fourth-order valence-electron chi connectivity index (χ4n) is 2.98. The Bertz CT molecular complexity index is 926. The second kappa shape index (κ2) is 10.6. The van der Waals surface area contributed by atoms with Crippen molar-refractivity contribution in [1.29, 1.82) is 0 Å². The van der Waals surface area contributed by atoms with Crippen molar-refractivity contribution in [2.75, 3.05) is 43.9 Å². The lowest BCUT2D eigenvalue weighted by molar-refractivity contribution is -0.116. The summed E-state index contributed by atoms with van der Waals surface area (Å²) >= 11 is 3.10. The topological polar surface area (TPSA) is 45.7 Å². The van der Waals surface area contributed by atoms with Crippen LogP contribution in [0.15, 0.2) is 53.4 Å². The van der Waals surface area contributed by atoms with Crippen LogP contribution in [0.25, 0.3) is 10.2 Å². The minimum Gasteiger partial charge on any atom is -0.497 e. The first-order valence-electron chi connectivity index (χ1n) is 9.79. The highest BCUT2D eigenvalue weighted by molar-refractivity contribution is 8.00. The molecule has 0 atom stereocenters. The lowest BCUT2D eigenvalue weighted by Crippen LogP contribution is -2.39. The molecule has 0 bridgehead atoms. The molecule has 7 heteroatoms. The van der Waals surface area contributed by atoms with Gasteiger partial charge in [-0.1, -0.05) is 43.4 Å². The zero-order valence-electron chi connectivity index (χ0n) is 17.1. The van der Waals surface area contributed by atoms with Gasteiger partial charge in [-0.25, -0.2) is 4.98 Å². The number of thioether (sulfide) groups is 1.